The molecule has 0 amide bonds. The summed E-state index contributed by atoms with van der Waals surface area (Å²) < 4.78 is 6.01. The summed E-state index contributed by atoms with van der Waals surface area (Å²) in [5, 5.41) is 5.05. The lowest BCUT2D eigenvalue weighted by Crippen LogP contribution is -1.91. The van der Waals surface area contributed by atoms with Crippen LogP contribution in [0, 0.1) is 6.92 Å². The van der Waals surface area contributed by atoms with Gasteiger partial charge >= 0.3 is 0 Å². The number of oxazole rings is 1. The number of hydrogen-bond donors (Lipinski definition) is 0. The standard InChI is InChI=1S/C34H23NO/c1-22-15-20-28-29(21-22)33(23-9-3-2-4-10-23)27-12-6-5-11-26(27)32(28)24-16-18-25(19-17-24)34-35-30-13-7-8-14-31(30)36-34/h2-21H,1H3. The SMILES string of the molecule is Cc1ccc2c(-c3ccc(-c4nc5ccccc5o4)cc3)c3ccccc3c(-c3ccccc3)c2c1. The van der Waals surface area contributed by atoms with E-state index in [4.69, 9.17) is 4.42 Å². The monoisotopic (exact) mass is 461 g/mol. The Hall–Kier alpha value is -4.69. The second-order valence-corrected chi connectivity index (χ2v) is 9.27. The first-order chi connectivity index (χ1) is 17.8. The van der Waals surface area contributed by atoms with Crippen molar-refractivity contribution in [3.8, 4) is 33.7 Å². The Morgan fingerprint density at radius 2 is 1.08 bits per heavy atom. The molecule has 1 heterocycles. The van der Waals surface area contributed by atoms with Gasteiger partial charge in [-0.2, -0.15) is 0 Å². The number of fused-ring (bicyclic) bond motifs is 3. The Kier molecular flexibility index (Phi) is 4.71. The number of aryl methyl sites for hydroxylation is 1. The smallest absolute Gasteiger partial charge is 0.227 e. The maximum atomic E-state index is 6.01. The van der Waals surface area contributed by atoms with Crippen LogP contribution >= 0.6 is 0 Å². The summed E-state index contributed by atoms with van der Waals surface area (Å²) in [6.45, 7) is 2.16. The van der Waals surface area contributed by atoms with Crippen LogP contribution in [0.25, 0.3) is 66.4 Å². The molecule has 0 fully saturated rings. The Bertz CT molecular complexity index is 1850. The van der Waals surface area contributed by atoms with Gasteiger partial charge in [0.15, 0.2) is 5.58 Å². The molecule has 0 N–H and O–H groups in total. The van der Waals surface area contributed by atoms with E-state index in [1.807, 2.05) is 24.3 Å². The van der Waals surface area contributed by atoms with Crippen molar-refractivity contribution in [3.05, 3.63) is 127 Å². The average Bonchev–Trinajstić information content (AvgIpc) is 3.37. The van der Waals surface area contributed by atoms with E-state index in [-0.39, 0.29) is 0 Å². The molecule has 0 aliphatic heterocycles. The lowest BCUT2D eigenvalue weighted by Gasteiger charge is -2.18. The van der Waals surface area contributed by atoms with Crippen LogP contribution in [0.15, 0.2) is 126 Å². The highest BCUT2D eigenvalue weighted by Crippen LogP contribution is 2.44. The van der Waals surface area contributed by atoms with Crippen molar-refractivity contribution < 1.29 is 4.42 Å². The highest BCUT2D eigenvalue weighted by molar-refractivity contribution is 6.21. The molecule has 0 spiro atoms. The fraction of sp³-hybridized carbons (Fsp3) is 0.0294. The molecule has 7 rings (SSSR count). The van der Waals surface area contributed by atoms with E-state index < -0.39 is 0 Å². The Morgan fingerprint density at radius 3 is 1.83 bits per heavy atom. The minimum absolute atomic E-state index is 0.646. The molecule has 0 bridgehead atoms. The molecular formula is C34H23NO. The van der Waals surface area contributed by atoms with Gasteiger partial charge in [-0.3, -0.25) is 0 Å². The summed E-state index contributed by atoms with van der Waals surface area (Å²) in [6.07, 6.45) is 0. The maximum absolute atomic E-state index is 6.01. The van der Waals surface area contributed by atoms with E-state index in [0.717, 1.165) is 16.7 Å². The van der Waals surface area contributed by atoms with Gasteiger partial charge in [-0.25, -0.2) is 4.98 Å². The van der Waals surface area contributed by atoms with Crippen LogP contribution in [0.2, 0.25) is 0 Å². The van der Waals surface area contributed by atoms with Crippen LogP contribution in [-0.2, 0) is 0 Å². The van der Waals surface area contributed by atoms with Crippen LogP contribution in [0.5, 0.6) is 0 Å². The fourth-order valence-corrected chi connectivity index (χ4v) is 5.29. The minimum Gasteiger partial charge on any atom is -0.436 e. The second-order valence-electron chi connectivity index (χ2n) is 9.27. The van der Waals surface area contributed by atoms with Crippen LogP contribution in [0.1, 0.15) is 5.56 Å². The molecule has 0 unspecified atom stereocenters. The predicted molar refractivity (Wildman–Crippen MR) is 150 cm³/mol. The third-order valence-electron chi connectivity index (χ3n) is 6.96. The number of rotatable bonds is 3. The molecule has 0 radical (unpaired) electrons. The molecular weight excluding hydrogens is 438 g/mol. The average molecular weight is 462 g/mol. The molecule has 0 saturated carbocycles. The summed E-state index contributed by atoms with van der Waals surface area (Å²) in [6, 6.07) is 42.8. The third kappa shape index (κ3) is 3.30. The van der Waals surface area contributed by atoms with Gasteiger partial charge in [-0.1, -0.05) is 103 Å². The highest BCUT2D eigenvalue weighted by atomic mass is 16.3. The van der Waals surface area contributed by atoms with Gasteiger partial charge in [0.25, 0.3) is 0 Å². The normalized spacial score (nSPS) is 11.5. The molecule has 0 aliphatic rings. The summed E-state index contributed by atoms with van der Waals surface area (Å²) >= 11 is 0. The lowest BCUT2D eigenvalue weighted by molar-refractivity contribution is 0.620. The van der Waals surface area contributed by atoms with Gasteiger partial charge in [-0.05, 0) is 75.0 Å². The summed E-state index contributed by atoms with van der Waals surface area (Å²) in [7, 11) is 0. The Morgan fingerprint density at radius 1 is 0.500 bits per heavy atom. The first-order valence-corrected chi connectivity index (χ1v) is 12.2. The summed E-state index contributed by atoms with van der Waals surface area (Å²) in [5.74, 6) is 0.646. The first-order valence-electron chi connectivity index (χ1n) is 12.2. The molecule has 6 aromatic carbocycles. The molecule has 36 heavy (non-hydrogen) atoms. The number of aromatic nitrogens is 1. The van der Waals surface area contributed by atoms with Crippen molar-refractivity contribution in [1.29, 1.82) is 0 Å². The van der Waals surface area contributed by atoms with Gasteiger partial charge in [-0.15, -0.1) is 0 Å². The van der Waals surface area contributed by atoms with E-state index in [9.17, 15) is 0 Å². The van der Waals surface area contributed by atoms with E-state index >= 15 is 0 Å². The van der Waals surface area contributed by atoms with Gasteiger partial charge in [0.1, 0.15) is 5.52 Å². The predicted octanol–water partition coefficient (Wildman–Crippen LogP) is 9.44. The van der Waals surface area contributed by atoms with Crippen molar-refractivity contribution in [1.82, 2.24) is 4.98 Å². The van der Waals surface area contributed by atoms with Gasteiger partial charge in [0, 0.05) is 5.56 Å². The van der Waals surface area contributed by atoms with Gasteiger partial charge in [0.2, 0.25) is 5.89 Å². The molecule has 2 heteroatoms. The second kappa shape index (κ2) is 8.21. The van der Waals surface area contributed by atoms with E-state index in [0.29, 0.717) is 5.89 Å². The van der Waals surface area contributed by atoms with Crippen molar-refractivity contribution >= 4 is 32.6 Å². The van der Waals surface area contributed by atoms with Crippen molar-refractivity contribution in [2.45, 2.75) is 6.92 Å². The number of para-hydroxylation sites is 2. The van der Waals surface area contributed by atoms with Crippen molar-refractivity contribution in [2.75, 3.05) is 0 Å². The van der Waals surface area contributed by atoms with E-state index in [1.54, 1.807) is 0 Å². The Labute approximate surface area is 209 Å². The Balaban J connectivity index is 1.47. The molecule has 170 valence electrons. The number of benzene rings is 6. The van der Waals surface area contributed by atoms with Crippen LogP contribution in [0.3, 0.4) is 0 Å². The minimum atomic E-state index is 0.646. The molecule has 0 atom stereocenters. The topological polar surface area (TPSA) is 26.0 Å². The summed E-state index contributed by atoms with van der Waals surface area (Å²) in [4.78, 5) is 4.67. The highest BCUT2D eigenvalue weighted by Gasteiger charge is 2.17. The van der Waals surface area contributed by atoms with Gasteiger partial charge < -0.3 is 4.42 Å². The van der Waals surface area contributed by atoms with E-state index in [2.05, 4.69) is 109 Å². The largest absolute Gasteiger partial charge is 0.436 e. The summed E-state index contributed by atoms with van der Waals surface area (Å²) in [5.41, 5.74) is 8.87. The lowest BCUT2D eigenvalue weighted by atomic mass is 9.85. The first kappa shape index (κ1) is 20.7. The maximum Gasteiger partial charge on any atom is 0.227 e. The molecule has 1 aromatic heterocycles. The number of nitrogens with zero attached hydrogens (tertiary/aromatic N) is 1. The van der Waals surface area contributed by atoms with Crippen LogP contribution < -0.4 is 0 Å². The van der Waals surface area contributed by atoms with Crippen LogP contribution in [0.4, 0.5) is 0 Å². The third-order valence-corrected chi connectivity index (χ3v) is 6.96. The fourth-order valence-electron chi connectivity index (χ4n) is 5.29. The molecule has 2 nitrogen and oxygen atoms in total. The van der Waals surface area contributed by atoms with Gasteiger partial charge in [0.05, 0.1) is 0 Å². The quantitative estimate of drug-likeness (QED) is 0.245. The van der Waals surface area contributed by atoms with Crippen molar-refractivity contribution in [3.63, 3.8) is 0 Å². The zero-order valence-electron chi connectivity index (χ0n) is 19.9. The van der Waals surface area contributed by atoms with Crippen LogP contribution in [-0.4, -0.2) is 4.98 Å². The zero-order valence-corrected chi connectivity index (χ0v) is 19.9. The molecule has 0 saturated heterocycles. The molecule has 0 aliphatic carbocycles. The molecule has 7 aromatic rings. The van der Waals surface area contributed by atoms with E-state index in [1.165, 1.54) is 49.4 Å². The number of hydrogen-bond acceptors (Lipinski definition) is 2. The zero-order chi connectivity index (χ0) is 24.1. The van der Waals surface area contributed by atoms with Crippen molar-refractivity contribution in [2.24, 2.45) is 0 Å².